The fourth-order valence-corrected chi connectivity index (χ4v) is 6.21. The van der Waals surface area contributed by atoms with E-state index >= 15 is 0 Å². The molecule has 0 fully saturated rings. The second kappa shape index (κ2) is 13.7. The topological polar surface area (TPSA) is 86.8 Å². The number of anilines is 1. The number of aryl methyl sites for hydroxylation is 1. The van der Waals surface area contributed by atoms with Crippen molar-refractivity contribution >= 4 is 62.3 Å². The van der Waals surface area contributed by atoms with Gasteiger partial charge in [0.25, 0.3) is 10.0 Å². The summed E-state index contributed by atoms with van der Waals surface area (Å²) in [5.74, 6) is -0.959. The van der Waals surface area contributed by atoms with Gasteiger partial charge in [-0.3, -0.25) is 13.9 Å². The van der Waals surface area contributed by atoms with Crippen LogP contribution in [0.2, 0.25) is 15.1 Å². The molecule has 0 saturated carbocycles. The maximum atomic E-state index is 14.0. The van der Waals surface area contributed by atoms with Gasteiger partial charge in [-0.1, -0.05) is 66.0 Å². The van der Waals surface area contributed by atoms with Crippen LogP contribution < -0.4 is 9.62 Å². The second-order valence-corrected chi connectivity index (χ2v) is 12.6. The molecule has 2 atom stereocenters. The highest BCUT2D eigenvalue weighted by Gasteiger charge is 2.33. The van der Waals surface area contributed by atoms with E-state index in [-0.39, 0.29) is 23.4 Å². The quantitative estimate of drug-likeness (QED) is 0.265. The summed E-state index contributed by atoms with van der Waals surface area (Å²) < 4.78 is 28.8. The monoisotopic (exact) mass is 623 g/mol. The lowest BCUT2D eigenvalue weighted by molar-refractivity contribution is -0.139. The Labute approximate surface area is 251 Å². The molecule has 0 aromatic heterocycles. The summed E-state index contributed by atoms with van der Waals surface area (Å²) >= 11 is 18.6. The first kappa shape index (κ1) is 31.7. The van der Waals surface area contributed by atoms with Crippen LogP contribution in [0.15, 0.2) is 71.6 Å². The first-order valence-corrected chi connectivity index (χ1v) is 15.3. The summed E-state index contributed by atoms with van der Waals surface area (Å²) in [6, 6.07) is 16.4. The first-order chi connectivity index (χ1) is 18.8. The highest BCUT2D eigenvalue weighted by atomic mass is 35.5. The minimum Gasteiger partial charge on any atom is -0.352 e. The van der Waals surface area contributed by atoms with Gasteiger partial charge in [0.15, 0.2) is 0 Å². The largest absolute Gasteiger partial charge is 0.352 e. The van der Waals surface area contributed by atoms with Crippen LogP contribution in [-0.2, 0) is 26.2 Å². The van der Waals surface area contributed by atoms with E-state index in [2.05, 4.69) is 5.32 Å². The van der Waals surface area contributed by atoms with Crippen molar-refractivity contribution in [2.24, 2.45) is 0 Å². The number of amides is 2. The molecular formula is C29H32Cl3N3O4S. The smallest absolute Gasteiger partial charge is 0.264 e. The van der Waals surface area contributed by atoms with Gasteiger partial charge < -0.3 is 10.2 Å². The zero-order valence-corrected chi connectivity index (χ0v) is 25.8. The molecule has 2 amide bonds. The normalized spacial score (nSPS) is 12.9. The number of hydrogen-bond donors (Lipinski definition) is 1. The van der Waals surface area contributed by atoms with Crippen molar-refractivity contribution in [3.8, 4) is 0 Å². The summed E-state index contributed by atoms with van der Waals surface area (Å²) in [6.07, 6.45) is 0.703. The number of nitrogens with zero attached hydrogens (tertiary/aromatic N) is 2. The summed E-state index contributed by atoms with van der Waals surface area (Å²) in [7, 11) is -4.17. The van der Waals surface area contributed by atoms with Gasteiger partial charge in [-0.25, -0.2) is 8.42 Å². The molecule has 3 aromatic rings. The van der Waals surface area contributed by atoms with Gasteiger partial charge in [0.1, 0.15) is 12.6 Å². The molecule has 1 N–H and O–H groups in total. The van der Waals surface area contributed by atoms with Crippen molar-refractivity contribution in [1.29, 1.82) is 0 Å². The summed E-state index contributed by atoms with van der Waals surface area (Å²) in [5.41, 5.74) is 1.42. The Bertz CT molecular complexity index is 1470. The molecule has 0 heterocycles. The lowest BCUT2D eigenvalue weighted by atomic mass is 10.1. The Kier molecular flexibility index (Phi) is 10.9. The fraction of sp³-hybridized carbons (Fsp3) is 0.310. The van der Waals surface area contributed by atoms with E-state index in [1.54, 1.807) is 68.4 Å². The molecule has 7 nitrogen and oxygen atoms in total. The third-order valence-corrected chi connectivity index (χ3v) is 9.16. The van der Waals surface area contributed by atoms with E-state index in [0.717, 1.165) is 4.31 Å². The van der Waals surface area contributed by atoms with Crippen molar-refractivity contribution in [3.63, 3.8) is 0 Å². The number of rotatable bonds is 11. The van der Waals surface area contributed by atoms with Crippen LogP contribution in [0, 0.1) is 6.92 Å². The Balaban J connectivity index is 2.07. The van der Waals surface area contributed by atoms with Gasteiger partial charge in [-0.2, -0.15) is 0 Å². The van der Waals surface area contributed by atoms with Gasteiger partial charge in [0.05, 0.1) is 10.6 Å². The average Bonchev–Trinajstić information content (AvgIpc) is 2.91. The molecule has 0 saturated heterocycles. The first-order valence-electron chi connectivity index (χ1n) is 12.7. The SMILES string of the molecule is CC[C@H](C)NC(=O)[C@H](C)N(Cc1ccc(Cl)cc1Cl)C(=O)CN(c1ccc(Cl)cc1C)S(=O)(=O)c1ccccc1. The molecule has 0 spiro atoms. The Hall–Kier alpha value is -2.78. The lowest BCUT2D eigenvalue weighted by Gasteiger charge is -2.33. The van der Waals surface area contributed by atoms with E-state index in [1.807, 2.05) is 13.8 Å². The van der Waals surface area contributed by atoms with Crippen LogP contribution in [0.3, 0.4) is 0 Å². The molecule has 0 bridgehead atoms. The minimum atomic E-state index is -4.17. The zero-order chi connectivity index (χ0) is 29.6. The number of carbonyl (C=O) groups is 2. The molecule has 0 radical (unpaired) electrons. The van der Waals surface area contributed by atoms with Crippen molar-refractivity contribution in [1.82, 2.24) is 10.2 Å². The number of hydrogen-bond acceptors (Lipinski definition) is 4. The van der Waals surface area contributed by atoms with Crippen molar-refractivity contribution in [2.45, 2.75) is 57.6 Å². The van der Waals surface area contributed by atoms with Crippen LogP contribution in [-0.4, -0.2) is 43.8 Å². The van der Waals surface area contributed by atoms with Crippen molar-refractivity contribution in [2.75, 3.05) is 10.8 Å². The maximum absolute atomic E-state index is 14.0. The van der Waals surface area contributed by atoms with Crippen LogP contribution in [0.25, 0.3) is 0 Å². The number of carbonyl (C=O) groups excluding carboxylic acids is 2. The Morgan fingerprint density at radius 3 is 2.15 bits per heavy atom. The van der Waals surface area contributed by atoms with Gasteiger partial charge in [0, 0.05) is 27.7 Å². The van der Waals surface area contributed by atoms with E-state index in [4.69, 9.17) is 34.8 Å². The third kappa shape index (κ3) is 7.69. The highest BCUT2D eigenvalue weighted by molar-refractivity contribution is 7.92. The van der Waals surface area contributed by atoms with Crippen molar-refractivity contribution < 1.29 is 18.0 Å². The third-order valence-electron chi connectivity index (χ3n) is 6.56. The van der Waals surface area contributed by atoms with E-state index in [0.29, 0.717) is 38.3 Å². The molecule has 0 aliphatic carbocycles. The zero-order valence-electron chi connectivity index (χ0n) is 22.7. The summed E-state index contributed by atoms with van der Waals surface area (Å²) in [6.45, 7) is 6.52. The Morgan fingerprint density at radius 2 is 1.55 bits per heavy atom. The van der Waals surface area contributed by atoms with Crippen LogP contribution >= 0.6 is 34.8 Å². The molecule has 11 heteroatoms. The average molecular weight is 625 g/mol. The maximum Gasteiger partial charge on any atom is 0.264 e. The van der Waals surface area contributed by atoms with Crippen LogP contribution in [0.5, 0.6) is 0 Å². The fourth-order valence-electron chi connectivity index (χ4n) is 4.01. The Morgan fingerprint density at radius 1 is 0.925 bits per heavy atom. The molecule has 0 aliphatic heterocycles. The van der Waals surface area contributed by atoms with E-state index in [1.165, 1.54) is 17.0 Å². The highest BCUT2D eigenvalue weighted by Crippen LogP contribution is 2.30. The lowest BCUT2D eigenvalue weighted by Crippen LogP contribution is -2.52. The van der Waals surface area contributed by atoms with E-state index in [9.17, 15) is 18.0 Å². The van der Waals surface area contributed by atoms with Gasteiger partial charge in [-0.15, -0.1) is 0 Å². The molecule has 40 heavy (non-hydrogen) atoms. The number of nitrogens with one attached hydrogen (secondary N) is 1. The molecule has 3 rings (SSSR count). The van der Waals surface area contributed by atoms with Gasteiger partial charge in [-0.05, 0) is 80.8 Å². The molecular weight excluding hydrogens is 593 g/mol. The number of benzene rings is 3. The standard InChI is InChI=1S/C29H32Cl3N3O4S/c1-5-20(3)33-29(37)21(4)34(17-22-11-12-24(31)16-26(22)32)28(36)18-35(27-14-13-23(30)15-19(27)2)40(38,39)25-9-7-6-8-10-25/h6-16,20-21H,5,17-18H2,1-4H3,(H,33,37)/t20-,21-/m0/s1. The molecule has 0 unspecified atom stereocenters. The van der Waals surface area contributed by atoms with Crippen molar-refractivity contribution in [3.05, 3.63) is 92.9 Å². The molecule has 214 valence electrons. The van der Waals surface area contributed by atoms with Crippen LogP contribution in [0.1, 0.15) is 38.3 Å². The predicted octanol–water partition coefficient (Wildman–Crippen LogP) is 6.48. The second-order valence-electron chi connectivity index (χ2n) is 9.51. The van der Waals surface area contributed by atoms with E-state index < -0.39 is 28.5 Å². The molecule has 0 aliphatic rings. The predicted molar refractivity (Wildman–Crippen MR) is 162 cm³/mol. The van der Waals surface area contributed by atoms with Gasteiger partial charge in [0.2, 0.25) is 11.8 Å². The minimum absolute atomic E-state index is 0.0204. The van der Waals surface area contributed by atoms with Crippen LogP contribution in [0.4, 0.5) is 5.69 Å². The summed E-state index contributed by atoms with van der Waals surface area (Å²) in [5, 5.41) is 4.07. The summed E-state index contributed by atoms with van der Waals surface area (Å²) in [4.78, 5) is 28.5. The molecule has 3 aromatic carbocycles. The number of sulfonamides is 1. The van der Waals surface area contributed by atoms with Gasteiger partial charge >= 0.3 is 0 Å². The number of halogens is 3.